The molecule has 0 bridgehead atoms. The van der Waals surface area contributed by atoms with Gasteiger partial charge in [-0.05, 0) is 11.6 Å². The lowest BCUT2D eigenvalue weighted by Crippen LogP contribution is -2.31. The third-order valence-corrected chi connectivity index (χ3v) is 9.21. The minimum Gasteiger partial charge on any atom is -0.456 e. The Labute approximate surface area is 224 Å². The van der Waals surface area contributed by atoms with Crippen LogP contribution in [0.1, 0.15) is 28.6 Å². The Morgan fingerprint density at radius 1 is 1.07 bits per heavy atom. The highest BCUT2D eigenvalue weighted by atomic mass is 31.3. The summed E-state index contributed by atoms with van der Waals surface area (Å²) in [4.78, 5) is 61.7. The van der Waals surface area contributed by atoms with Crippen LogP contribution in [0, 0.1) is 0 Å². The van der Waals surface area contributed by atoms with E-state index in [0.717, 1.165) is 0 Å². The molecule has 1 saturated heterocycles. The first kappa shape index (κ1) is 30.3. The zero-order valence-electron chi connectivity index (χ0n) is 20.1. The van der Waals surface area contributed by atoms with Gasteiger partial charge in [0.25, 0.3) is 0 Å². The minimum absolute atomic E-state index is 0.0344. The number of benzene rings is 1. The first-order valence-corrected chi connectivity index (χ1v) is 15.6. The molecule has 2 aromatic heterocycles. The van der Waals surface area contributed by atoms with Gasteiger partial charge in [0.15, 0.2) is 11.5 Å². The van der Waals surface area contributed by atoms with Crippen LogP contribution in [0.15, 0.2) is 36.9 Å². The maximum Gasteiger partial charge on any atom is 0.490 e. The van der Waals surface area contributed by atoms with Gasteiger partial charge in [-0.15, -0.1) is 0 Å². The summed E-state index contributed by atoms with van der Waals surface area (Å²) in [7, 11) is -16.8. The van der Waals surface area contributed by atoms with E-state index >= 15 is 0 Å². The predicted octanol–water partition coefficient (Wildman–Crippen LogP) is 0.724. The lowest BCUT2D eigenvalue weighted by molar-refractivity contribution is -0.0490. The number of ether oxygens (including phenoxy) is 2. The van der Waals surface area contributed by atoms with E-state index in [4.69, 9.17) is 35.3 Å². The molecule has 218 valence electrons. The number of nitrogens with two attached hydrogens (primary N) is 2. The Hall–Kier alpha value is -2.63. The van der Waals surface area contributed by atoms with Gasteiger partial charge in [0.05, 0.1) is 18.5 Å². The second-order valence-corrected chi connectivity index (χ2v) is 12.6. The first-order chi connectivity index (χ1) is 18.7. The van der Waals surface area contributed by atoms with Gasteiger partial charge in [0.2, 0.25) is 0 Å². The van der Waals surface area contributed by atoms with E-state index in [1.807, 2.05) is 0 Å². The molecular weight excluding hydrogens is 601 g/mol. The van der Waals surface area contributed by atoms with E-state index < -0.39 is 54.5 Å². The molecule has 8 N–H and O–H groups in total. The molecule has 0 amide bonds. The molecule has 0 spiro atoms. The van der Waals surface area contributed by atoms with Crippen molar-refractivity contribution in [3.8, 4) is 0 Å². The monoisotopic (exact) mass is 624 g/mol. The topological polar surface area (TPSA) is 291 Å². The average Bonchev–Trinajstić information content (AvgIpc) is 3.45. The summed E-state index contributed by atoms with van der Waals surface area (Å²) in [5.74, 6) is -0.701. The van der Waals surface area contributed by atoms with Crippen LogP contribution < -0.4 is 11.5 Å². The molecule has 0 radical (unpaired) electrons. The van der Waals surface area contributed by atoms with Crippen molar-refractivity contribution in [2.75, 3.05) is 12.3 Å². The average molecular weight is 624 g/mol. The Morgan fingerprint density at radius 2 is 1.80 bits per heavy atom. The molecule has 5 atom stereocenters. The number of carbonyl (C=O) groups excluding carboxylic acids is 1. The lowest BCUT2D eigenvalue weighted by atomic mass is 10.1. The third kappa shape index (κ3) is 7.36. The van der Waals surface area contributed by atoms with Crippen molar-refractivity contribution < 1.29 is 60.7 Å². The van der Waals surface area contributed by atoms with Gasteiger partial charge in [0, 0.05) is 13.0 Å². The second kappa shape index (κ2) is 11.7. The van der Waals surface area contributed by atoms with Crippen LogP contribution in [0.5, 0.6) is 0 Å². The van der Waals surface area contributed by atoms with Crippen LogP contribution in [0.25, 0.3) is 11.2 Å². The number of aromatic nitrogens is 4. The Morgan fingerprint density at radius 3 is 2.50 bits per heavy atom. The van der Waals surface area contributed by atoms with Crippen molar-refractivity contribution in [2.24, 2.45) is 5.73 Å². The zero-order valence-corrected chi connectivity index (χ0v) is 22.7. The maximum atomic E-state index is 13.0. The predicted molar refractivity (Wildman–Crippen MR) is 132 cm³/mol. The maximum absolute atomic E-state index is 13.0. The number of fused-ring (bicyclic) bond motifs is 1. The fourth-order valence-corrected chi connectivity index (χ4v) is 6.83. The van der Waals surface area contributed by atoms with Gasteiger partial charge < -0.3 is 40.5 Å². The number of nitrogen functional groups attached to an aromatic ring is 1. The van der Waals surface area contributed by atoms with Gasteiger partial charge in [-0.3, -0.25) is 9.09 Å². The number of nitrogens with zero attached hydrogens (tertiary/aromatic N) is 4. The largest absolute Gasteiger partial charge is 0.490 e. The molecule has 1 aromatic carbocycles. The smallest absolute Gasteiger partial charge is 0.456 e. The normalized spacial score (nSPS) is 22.6. The number of hydrogen-bond acceptors (Lipinski definition) is 14. The summed E-state index contributed by atoms with van der Waals surface area (Å²) in [6, 6.07) is 6.39. The molecule has 22 heteroatoms. The van der Waals surface area contributed by atoms with Crippen LogP contribution in [0.4, 0.5) is 5.82 Å². The molecule has 1 fully saturated rings. The summed E-state index contributed by atoms with van der Waals surface area (Å²) >= 11 is 0. The number of esters is 1. The van der Waals surface area contributed by atoms with Crippen LogP contribution in [-0.2, 0) is 42.9 Å². The Kier molecular flexibility index (Phi) is 8.87. The fourth-order valence-electron chi connectivity index (χ4n) is 3.80. The van der Waals surface area contributed by atoms with Crippen molar-refractivity contribution in [1.29, 1.82) is 0 Å². The number of phosphoric acid groups is 3. The van der Waals surface area contributed by atoms with Gasteiger partial charge in [-0.25, -0.2) is 33.4 Å². The molecule has 4 rings (SSSR count). The molecule has 3 unspecified atom stereocenters. The van der Waals surface area contributed by atoms with Crippen LogP contribution in [0.3, 0.4) is 0 Å². The first-order valence-electron chi connectivity index (χ1n) is 11.0. The molecule has 3 heterocycles. The van der Waals surface area contributed by atoms with Crippen molar-refractivity contribution in [2.45, 2.75) is 31.4 Å². The quantitative estimate of drug-likeness (QED) is 0.126. The summed E-state index contributed by atoms with van der Waals surface area (Å²) in [6.07, 6.45) is -0.841. The number of imidazole rings is 1. The van der Waals surface area contributed by atoms with Crippen LogP contribution in [-0.4, -0.2) is 63.9 Å². The van der Waals surface area contributed by atoms with E-state index in [2.05, 4.69) is 23.6 Å². The van der Waals surface area contributed by atoms with E-state index in [1.54, 1.807) is 18.2 Å². The summed E-state index contributed by atoms with van der Waals surface area (Å²) in [5, 5.41) is 0. The Balaban J connectivity index is 1.55. The summed E-state index contributed by atoms with van der Waals surface area (Å²) in [5.41, 5.74) is 12.7. The molecule has 0 aliphatic carbocycles. The number of hydrogen-bond donors (Lipinski definition) is 6. The minimum atomic E-state index is -5.75. The summed E-state index contributed by atoms with van der Waals surface area (Å²) < 4.78 is 59.8. The van der Waals surface area contributed by atoms with Crippen LogP contribution in [0.2, 0.25) is 0 Å². The van der Waals surface area contributed by atoms with E-state index in [0.29, 0.717) is 5.56 Å². The molecule has 1 aliphatic heterocycles. The molecule has 3 aromatic rings. The van der Waals surface area contributed by atoms with Gasteiger partial charge in [0.1, 0.15) is 30.3 Å². The van der Waals surface area contributed by atoms with Crippen LogP contribution >= 0.6 is 23.5 Å². The van der Waals surface area contributed by atoms with Gasteiger partial charge in [-0.1, -0.05) is 18.2 Å². The zero-order chi connectivity index (χ0) is 29.3. The van der Waals surface area contributed by atoms with E-state index in [1.165, 1.54) is 23.3 Å². The van der Waals surface area contributed by atoms with Crippen molar-refractivity contribution in [3.63, 3.8) is 0 Å². The van der Waals surface area contributed by atoms with Gasteiger partial charge in [-0.2, -0.15) is 8.62 Å². The highest BCUT2D eigenvalue weighted by molar-refractivity contribution is 7.66. The number of carbonyl (C=O) groups is 1. The molecule has 40 heavy (non-hydrogen) atoms. The number of anilines is 1. The van der Waals surface area contributed by atoms with Crippen molar-refractivity contribution >= 4 is 46.4 Å². The number of phosphoric ester groups is 1. The third-order valence-electron chi connectivity index (χ3n) is 5.41. The standard InChI is InChI=1S/C18H23N6O13P3/c19-6-10-3-1-2-4-11(10)18(25)35-12-5-14(24-9-23-15-16(20)21-8-22-17(15)24)34-13(12)7-33-39(29,30)37-40(31,32)36-38(26,27)28/h1-4,8-9,12-14H,5-7,19H2,(H,29,30)(H,31,32)(H2,20,21,22)(H2,26,27,28)/t12-,13?,14-/m1/s1. The molecular formula is C18H23N6O13P3. The van der Waals surface area contributed by atoms with Crippen molar-refractivity contribution in [3.05, 3.63) is 48.0 Å². The molecule has 1 aliphatic rings. The molecule has 0 saturated carbocycles. The fraction of sp³-hybridized carbons (Fsp3) is 0.333. The highest BCUT2D eigenvalue weighted by Gasteiger charge is 2.44. The lowest BCUT2D eigenvalue weighted by Gasteiger charge is -2.21. The van der Waals surface area contributed by atoms with E-state index in [9.17, 15) is 28.3 Å². The molecule has 19 nitrogen and oxygen atoms in total. The second-order valence-electron chi connectivity index (χ2n) is 8.14. The van der Waals surface area contributed by atoms with E-state index in [-0.39, 0.29) is 35.5 Å². The van der Waals surface area contributed by atoms with Gasteiger partial charge >= 0.3 is 29.4 Å². The van der Waals surface area contributed by atoms with Crippen molar-refractivity contribution in [1.82, 2.24) is 19.5 Å². The highest BCUT2D eigenvalue weighted by Crippen LogP contribution is 2.66. The number of rotatable bonds is 11. The summed E-state index contributed by atoms with van der Waals surface area (Å²) in [6.45, 7) is -0.826. The Bertz CT molecular complexity index is 1550. The SMILES string of the molecule is NCc1ccccc1C(=O)O[C@@H]1C[C@H](n2cnc3c(N)ncnc32)OC1COP(=O)(O)OP(=O)(O)OP(=O)(O)O.